The topological polar surface area (TPSA) is 61.8 Å². The maximum absolute atomic E-state index is 12.8. The molecule has 0 aliphatic heterocycles. The molecular formula is C59H100O5. The number of rotatable bonds is 48. The van der Waals surface area contributed by atoms with E-state index < -0.39 is 6.10 Å². The number of ether oxygens (including phenoxy) is 3. The molecule has 0 amide bonds. The van der Waals surface area contributed by atoms with Gasteiger partial charge < -0.3 is 14.2 Å². The lowest BCUT2D eigenvalue weighted by Gasteiger charge is -2.18. The van der Waals surface area contributed by atoms with Gasteiger partial charge in [0.25, 0.3) is 0 Å². The Morgan fingerprint density at radius 3 is 1.16 bits per heavy atom. The van der Waals surface area contributed by atoms with E-state index in [4.69, 9.17) is 14.2 Å². The van der Waals surface area contributed by atoms with Gasteiger partial charge in [0.15, 0.2) is 6.10 Å². The van der Waals surface area contributed by atoms with Crippen molar-refractivity contribution in [3.05, 3.63) is 97.2 Å². The first kappa shape index (κ1) is 60.8. The minimum atomic E-state index is -0.584. The van der Waals surface area contributed by atoms with Gasteiger partial charge in [0.05, 0.1) is 13.2 Å². The van der Waals surface area contributed by atoms with E-state index in [-0.39, 0.29) is 25.2 Å². The highest BCUT2D eigenvalue weighted by Gasteiger charge is 2.17. The Kier molecular flexibility index (Phi) is 51.5. The van der Waals surface area contributed by atoms with Gasteiger partial charge in [0, 0.05) is 12.8 Å². The largest absolute Gasteiger partial charge is 0.462 e. The molecule has 1 atom stereocenters. The Bertz CT molecular complexity index is 1230. The van der Waals surface area contributed by atoms with Gasteiger partial charge in [0.1, 0.15) is 6.61 Å². The van der Waals surface area contributed by atoms with Crippen LogP contribution in [0.3, 0.4) is 0 Å². The molecule has 0 aliphatic rings. The molecule has 366 valence electrons. The van der Waals surface area contributed by atoms with Crippen LogP contribution in [0.2, 0.25) is 0 Å². The Morgan fingerprint density at radius 2 is 0.703 bits per heavy atom. The molecule has 5 heteroatoms. The number of carbonyl (C=O) groups is 2. The lowest BCUT2D eigenvalue weighted by Crippen LogP contribution is -2.30. The number of hydrogen-bond donors (Lipinski definition) is 0. The summed E-state index contributed by atoms with van der Waals surface area (Å²) >= 11 is 0. The third kappa shape index (κ3) is 51.5. The summed E-state index contributed by atoms with van der Waals surface area (Å²) in [5.74, 6) is -0.451. The van der Waals surface area contributed by atoms with Crippen molar-refractivity contribution in [3.8, 4) is 0 Å². The molecule has 1 unspecified atom stereocenters. The number of hydrogen-bond acceptors (Lipinski definition) is 5. The summed E-state index contributed by atoms with van der Waals surface area (Å²) in [6.07, 6.45) is 72.9. The van der Waals surface area contributed by atoms with E-state index in [9.17, 15) is 9.59 Å². The minimum absolute atomic E-state index is 0.0460. The average molecular weight is 889 g/mol. The van der Waals surface area contributed by atoms with Gasteiger partial charge in [-0.15, -0.1) is 0 Å². The molecule has 0 aromatic rings. The van der Waals surface area contributed by atoms with Gasteiger partial charge in [-0.1, -0.05) is 234 Å². The summed E-state index contributed by atoms with van der Waals surface area (Å²) in [6, 6.07) is 0. The van der Waals surface area contributed by atoms with E-state index in [1.165, 1.54) is 109 Å². The van der Waals surface area contributed by atoms with Crippen molar-refractivity contribution < 1.29 is 23.8 Å². The van der Waals surface area contributed by atoms with Crippen LogP contribution in [0, 0.1) is 0 Å². The molecule has 64 heavy (non-hydrogen) atoms. The lowest BCUT2D eigenvalue weighted by molar-refractivity contribution is -0.162. The molecule has 0 saturated carbocycles. The summed E-state index contributed by atoms with van der Waals surface area (Å²) in [7, 11) is 0. The second-order valence-corrected chi connectivity index (χ2v) is 17.4. The zero-order chi connectivity index (χ0) is 46.3. The fourth-order valence-electron chi connectivity index (χ4n) is 7.17. The van der Waals surface area contributed by atoms with E-state index in [0.29, 0.717) is 19.4 Å². The molecule has 0 aromatic heterocycles. The molecule has 0 spiro atoms. The van der Waals surface area contributed by atoms with Crippen LogP contribution in [0.15, 0.2) is 97.2 Å². The van der Waals surface area contributed by atoms with Crippen LogP contribution in [-0.4, -0.2) is 37.9 Å². The van der Waals surface area contributed by atoms with Gasteiger partial charge in [0.2, 0.25) is 0 Å². The number of esters is 2. The number of allylic oxidation sites excluding steroid dienone is 15. The Morgan fingerprint density at radius 1 is 0.359 bits per heavy atom. The smallest absolute Gasteiger partial charge is 0.306 e. The Labute approximate surface area is 396 Å². The molecule has 0 aliphatic carbocycles. The SMILES string of the molecule is CC/C=C\C/C=C\C/C=C\C/C=C\C/C=C\CCOCC(COC(=O)CCCCCCCC/C=C\C/C=C\C/C=C\CCCCC)OC(=O)CCCCCCCCCCCCCCC. The van der Waals surface area contributed by atoms with Gasteiger partial charge in [-0.2, -0.15) is 0 Å². The van der Waals surface area contributed by atoms with E-state index >= 15 is 0 Å². The zero-order valence-electron chi connectivity index (χ0n) is 42.0. The zero-order valence-corrected chi connectivity index (χ0v) is 42.0. The second kappa shape index (κ2) is 54.2. The van der Waals surface area contributed by atoms with Crippen molar-refractivity contribution in [1.82, 2.24) is 0 Å². The van der Waals surface area contributed by atoms with E-state index in [1.54, 1.807) is 0 Å². The molecule has 0 heterocycles. The van der Waals surface area contributed by atoms with Crippen molar-refractivity contribution in [2.75, 3.05) is 19.8 Å². The second-order valence-electron chi connectivity index (χ2n) is 17.4. The van der Waals surface area contributed by atoms with Gasteiger partial charge in [-0.25, -0.2) is 0 Å². The highest BCUT2D eigenvalue weighted by Crippen LogP contribution is 2.14. The predicted molar refractivity (Wildman–Crippen MR) is 279 cm³/mol. The third-order valence-electron chi connectivity index (χ3n) is 11.1. The van der Waals surface area contributed by atoms with Crippen LogP contribution in [-0.2, 0) is 23.8 Å². The molecule has 0 rings (SSSR count). The van der Waals surface area contributed by atoms with Crippen molar-refractivity contribution in [3.63, 3.8) is 0 Å². The van der Waals surface area contributed by atoms with Crippen LogP contribution in [0.1, 0.15) is 239 Å². The van der Waals surface area contributed by atoms with E-state index in [1.807, 2.05) is 0 Å². The van der Waals surface area contributed by atoms with Crippen LogP contribution in [0.25, 0.3) is 0 Å². The monoisotopic (exact) mass is 889 g/mol. The first-order valence-electron chi connectivity index (χ1n) is 26.8. The van der Waals surface area contributed by atoms with Crippen LogP contribution < -0.4 is 0 Å². The van der Waals surface area contributed by atoms with Crippen molar-refractivity contribution in [2.45, 2.75) is 245 Å². The summed E-state index contributed by atoms with van der Waals surface area (Å²) in [5, 5.41) is 0. The highest BCUT2D eigenvalue weighted by atomic mass is 16.6. The van der Waals surface area contributed by atoms with E-state index in [2.05, 4.69) is 118 Å². The normalized spacial score (nSPS) is 13.0. The summed E-state index contributed by atoms with van der Waals surface area (Å²) in [4.78, 5) is 25.4. The van der Waals surface area contributed by atoms with Crippen molar-refractivity contribution in [2.24, 2.45) is 0 Å². The molecule has 0 N–H and O–H groups in total. The number of unbranched alkanes of at least 4 members (excludes halogenated alkanes) is 21. The molecule has 0 bridgehead atoms. The lowest BCUT2D eigenvalue weighted by atomic mass is 10.0. The predicted octanol–water partition coefficient (Wildman–Crippen LogP) is 18.2. The van der Waals surface area contributed by atoms with Crippen molar-refractivity contribution in [1.29, 1.82) is 0 Å². The van der Waals surface area contributed by atoms with Crippen LogP contribution >= 0.6 is 0 Å². The highest BCUT2D eigenvalue weighted by molar-refractivity contribution is 5.70. The van der Waals surface area contributed by atoms with Gasteiger partial charge in [-0.05, 0) is 89.9 Å². The van der Waals surface area contributed by atoms with Gasteiger partial charge >= 0.3 is 11.9 Å². The molecular weight excluding hydrogens is 789 g/mol. The molecule has 0 aromatic carbocycles. The summed E-state index contributed by atoms with van der Waals surface area (Å²) in [5.41, 5.74) is 0. The Hall–Kier alpha value is -3.18. The standard InChI is InChI=1S/C59H100O5/c1-4-7-10-13-16-19-22-25-27-29-30-31-32-35-37-40-43-46-49-52-58(60)63-56-57(64-59(61)53-50-47-44-41-38-34-24-21-18-15-12-9-6-3)55-62-54-51-48-45-42-39-36-33-28-26-23-20-17-14-11-8-5-2/h8,11,16-17,19-20,25-28,30-31,36,39,45,48,57H,4-7,9-10,12-15,18,21-24,29,32-35,37-38,40-44,46-47,49-56H2,1-3H3/b11-8-,19-16-,20-17-,27-25-,28-26-,31-30-,39-36-,48-45-. The first-order chi connectivity index (χ1) is 31.6. The molecule has 5 nitrogen and oxygen atoms in total. The average Bonchev–Trinajstić information content (AvgIpc) is 3.30. The van der Waals surface area contributed by atoms with E-state index in [0.717, 1.165) is 96.3 Å². The quantitative estimate of drug-likeness (QED) is 0.0346. The third-order valence-corrected chi connectivity index (χ3v) is 11.1. The molecule has 0 fully saturated rings. The number of carbonyl (C=O) groups excluding carboxylic acids is 2. The van der Waals surface area contributed by atoms with Gasteiger partial charge in [-0.3, -0.25) is 9.59 Å². The molecule has 0 saturated heterocycles. The fourth-order valence-corrected chi connectivity index (χ4v) is 7.17. The molecule has 0 radical (unpaired) electrons. The van der Waals surface area contributed by atoms with Crippen LogP contribution in [0.4, 0.5) is 0 Å². The summed E-state index contributed by atoms with van der Waals surface area (Å²) in [6.45, 7) is 7.47. The summed E-state index contributed by atoms with van der Waals surface area (Å²) < 4.78 is 17.3. The first-order valence-corrected chi connectivity index (χ1v) is 26.8. The van der Waals surface area contributed by atoms with Crippen molar-refractivity contribution >= 4 is 11.9 Å². The Balaban J connectivity index is 4.38. The fraction of sp³-hybridized carbons (Fsp3) is 0.695. The maximum Gasteiger partial charge on any atom is 0.306 e. The minimum Gasteiger partial charge on any atom is -0.462 e. The van der Waals surface area contributed by atoms with Crippen LogP contribution in [0.5, 0.6) is 0 Å². The maximum atomic E-state index is 12.8.